The molecule has 2 rings (SSSR count). The molecular weight excluding hydrogens is 417 g/mol. The van der Waals surface area contributed by atoms with E-state index in [-0.39, 0.29) is 36.9 Å². The van der Waals surface area contributed by atoms with Crippen LogP contribution in [0.4, 0.5) is 0 Å². The standard InChI is InChI=1S/C19H29N5O3.2ClH/c1-12(2)27-17-10-13(26-8-6-7-24(4)5)9-15-14(17)11-16(22-15)18(25)23-19(20)21-3;;/h9-12,22H,6-8H2,1-5H3,(H3,20,21,23,25);2*1H. The highest BCUT2D eigenvalue weighted by molar-refractivity contribution is 6.04. The number of aliphatic imine (C=N–C) groups is 1. The van der Waals surface area contributed by atoms with Gasteiger partial charge in [0.2, 0.25) is 0 Å². The normalized spacial score (nSPS) is 11.2. The van der Waals surface area contributed by atoms with Crippen LogP contribution in [-0.2, 0) is 0 Å². The maximum Gasteiger partial charge on any atom is 0.296 e. The van der Waals surface area contributed by atoms with Crippen molar-refractivity contribution in [3.8, 4) is 11.5 Å². The molecule has 0 aliphatic heterocycles. The number of rotatable bonds is 8. The number of nitrogens with two attached hydrogens (primary N) is 1. The summed E-state index contributed by atoms with van der Waals surface area (Å²) >= 11 is 0. The van der Waals surface area contributed by atoms with Crippen molar-refractivity contribution in [1.29, 1.82) is 0 Å². The molecule has 0 aliphatic rings. The molecule has 8 nitrogen and oxygen atoms in total. The van der Waals surface area contributed by atoms with Crippen LogP contribution in [0.2, 0.25) is 0 Å². The first-order valence-electron chi connectivity index (χ1n) is 8.97. The van der Waals surface area contributed by atoms with Gasteiger partial charge in [0, 0.05) is 31.1 Å². The molecule has 4 N–H and O–H groups in total. The first-order valence-corrected chi connectivity index (χ1v) is 8.97. The largest absolute Gasteiger partial charge is 0.493 e. The van der Waals surface area contributed by atoms with Crippen molar-refractivity contribution in [2.75, 3.05) is 34.3 Å². The molecule has 0 saturated heterocycles. The number of H-pyrrole nitrogens is 1. The lowest BCUT2D eigenvalue weighted by Gasteiger charge is -2.14. The van der Waals surface area contributed by atoms with Crippen LogP contribution in [-0.4, -0.2) is 62.1 Å². The highest BCUT2D eigenvalue weighted by atomic mass is 35.5. The van der Waals surface area contributed by atoms with Gasteiger partial charge in [0.25, 0.3) is 5.91 Å². The van der Waals surface area contributed by atoms with Crippen LogP contribution < -0.4 is 20.5 Å². The molecule has 0 aliphatic carbocycles. The Morgan fingerprint density at radius 2 is 1.97 bits per heavy atom. The van der Waals surface area contributed by atoms with Crippen molar-refractivity contribution >= 4 is 47.6 Å². The number of amides is 1. The average molecular weight is 448 g/mol. The molecule has 0 radical (unpaired) electrons. The van der Waals surface area contributed by atoms with Crippen molar-refractivity contribution in [1.82, 2.24) is 15.2 Å². The van der Waals surface area contributed by atoms with Gasteiger partial charge in [0.05, 0.1) is 18.2 Å². The van der Waals surface area contributed by atoms with E-state index in [1.54, 1.807) is 13.1 Å². The zero-order chi connectivity index (χ0) is 20.0. The van der Waals surface area contributed by atoms with Crippen LogP contribution in [0.15, 0.2) is 23.2 Å². The van der Waals surface area contributed by atoms with Crippen molar-refractivity contribution in [2.45, 2.75) is 26.4 Å². The van der Waals surface area contributed by atoms with Gasteiger partial charge in [0.1, 0.15) is 17.2 Å². The van der Waals surface area contributed by atoms with Crippen LogP contribution >= 0.6 is 24.8 Å². The lowest BCUT2D eigenvalue weighted by Crippen LogP contribution is -2.28. The van der Waals surface area contributed by atoms with Gasteiger partial charge < -0.3 is 30.4 Å². The van der Waals surface area contributed by atoms with E-state index in [0.29, 0.717) is 23.8 Å². The van der Waals surface area contributed by atoms with E-state index in [4.69, 9.17) is 15.2 Å². The van der Waals surface area contributed by atoms with E-state index in [1.807, 2.05) is 40.1 Å². The monoisotopic (exact) mass is 447 g/mol. The molecule has 0 fully saturated rings. The van der Waals surface area contributed by atoms with Crippen LogP contribution in [0.1, 0.15) is 30.8 Å². The van der Waals surface area contributed by atoms with E-state index < -0.39 is 5.91 Å². The number of aromatic amines is 1. The molecule has 1 amide bonds. The second-order valence-corrected chi connectivity index (χ2v) is 6.79. The quantitative estimate of drug-likeness (QED) is 0.326. The number of carbonyl (C=O) groups is 1. The fourth-order valence-corrected chi connectivity index (χ4v) is 2.53. The summed E-state index contributed by atoms with van der Waals surface area (Å²) in [6.07, 6.45) is 0.905. The Labute approximate surface area is 184 Å². The van der Waals surface area contributed by atoms with Crippen LogP contribution in [0.25, 0.3) is 10.9 Å². The number of nitrogens with one attached hydrogen (secondary N) is 2. The summed E-state index contributed by atoms with van der Waals surface area (Å²) in [5.74, 6) is 0.950. The SMILES string of the molecule is CNC(N)=NC(=O)c1cc2c(OC(C)C)cc(OCCCN(C)C)cc2[nH]1.Cl.Cl. The van der Waals surface area contributed by atoms with Gasteiger partial charge in [-0.25, -0.2) is 0 Å². The van der Waals surface area contributed by atoms with Gasteiger partial charge in [-0.3, -0.25) is 4.79 Å². The molecule has 164 valence electrons. The van der Waals surface area contributed by atoms with E-state index in [0.717, 1.165) is 23.9 Å². The molecule has 29 heavy (non-hydrogen) atoms. The third-order valence-corrected chi connectivity index (χ3v) is 3.76. The number of fused-ring (bicyclic) bond motifs is 1. The molecule has 1 aromatic carbocycles. The minimum atomic E-state index is -0.456. The summed E-state index contributed by atoms with van der Waals surface area (Å²) in [5.41, 5.74) is 6.65. The summed E-state index contributed by atoms with van der Waals surface area (Å²) in [6, 6.07) is 5.43. The summed E-state index contributed by atoms with van der Waals surface area (Å²) < 4.78 is 11.8. The summed E-state index contributed by atoms with van der Waals surface area (Å²) in [7, 11) is 5.66. The summed E-state index contributed by atoms with van der Waals surface area (Å²) in [4.78, 5) is 21.2. The van der Waals surface area contributed by atoms with E-state index in [9.17, 15) is 4.79 Å². The molecule has 2 aromatic rings. The number of hydrogen-bond donors (Lipinski definition) is 3. The molecule has 0 spiro atoms. The maximum absolute atomic E-state index is 12.3. The number of aromatic nitrogens is 1. The minimum Gasteiger partial charge on any atom is -0.493 e. The Kier molecular flexibility index (Phi) is 11.5. The second kappa shape index (κ2) is 12.4. The van der Waals surface area contributed by atoms with Gasteiger partial charge in [-0.15, -0.1) is 24.8 Å². The highest BCUT2D eigenvalue weighted by Crippen LogP contribution is 2.33. The molecule has 0 unspecified atom stereocenters. The predicted molar refractivity (Wildman–Crippen MR) is 122 cm³/mol. The Morgan fingerprint density at radius 1 is 1.28 bits per heavy atom. The van der Waals surface area contributed by atoms with Gasteiger partial charge in [-0.1, -0.05) is 0 Å². The Bertz CT molecular complexity index is 822. The first-order chi connectivity index (χ1) is 12.8. The van der Waals surface area contributed by atoms with Crippen LogP contribution in [0.3, 0.4) is 0 Å². The number of nitrogens with zero attached hydrogens (tertiary/aromatic N) is 2. The number of guanidine groups is 1. The van der Waals surface area contributed by atoms with E-state index in [2.05, 4.69) is 20.2 Å². The molecule has 0 bridgehead atoms. The highest BCUT2D eigenvalue weighted by Gasteiger charge is 2.15. The summed E-state index contributed by atoms with van der Waals surface area (Å²) in [6.45, 7) is 5.45. The number of halogens is 2. The summed E-state index contributed by atoms with van der Waals surface area (Å²) in [5, 5.41) is 3.42. The zero-order valence-corrected chi connectivity index (χ0v) is 19.1. The van der Waals surface area contributed by atoms with Gasteiger partial charge in [-0.2, -0.15) is 4.99 Å². The van der Waals surface area contributed by atoms with Gasteiger partial charge in [0.15, 0.2) is 5.96 Å². The predicted octanol–water partition coefficient (Wildman–Crippen LogP) is 2.80. The Hall–Kier alpha value is -2.16. The fourth-order valence-electron chi connectivity index (χ4n) is 2.53. The third kappa shape index (κ3) is 8.00. The smallest absolute Gasteiger partial charge is 0.296 e. The average Bonchev–Trinajstić information content (AvgIpc) is 3.02. The number of ether oxygens (including phenoxy) is 2. The lowest BCUT2D eigenvalue weighted by molar-refractivity contribution is 0.0998. The van der Waals surface area contributed by atoms with Crippen molar-refractivity contribution in [2.24, 2.45) is 10.7 Å². The van der Waals surface area contributed by atoms with Crippen molar-refractivity contribution in [3.05, 3.63) is 23.9 Å². The molecular formula is C19H31Cl2N5O3. The topological polar surface area (TPSA) is 105 Å². The van der Waals surface area contributed by atoms with Crippen LogP contribution in [0.5, 0.6) is 11.5 Å². The zero-order valence-electron chi connectivity index (χ0n) is 17.4. The molecule has 0 saturated carbocycles. The molecule has 10 heteroatoms. The maximum atomic E-state index is 12.3. The second-order valence-electron chi connectivity index (χ2n) is 6.79. The Morgan fingerprint density at radius 3 is 2.55 bits per heavy atom. The number of benzene rings is 1. The van der Waals surface area contributed by atoms with Crippen molar-refractivity contribution < 1.29 is 14.3 Å². The van der Waals surface area contributed by atoms with Crippen molar-refractivity contribution in [3.63, 3.8) is 0 Å². The van der Waals surface area contributed by atoms with Gasteiger partial charge >= 0.3 is 0 Å². The van der Waals surface area contributed by atoms with Crippen LogP contribution in [0, 0.1) is 0 Å². The molecule has 1 aromatic heterocycles. The van der Waals surface area contributed by atoms with E-state index >= 15 is 0 Å². The Balaban J connectivity index is 0.00000392. The molecule has 1 heterocycles. The number of carbonyl (C=O) groups excluding carboxylic acids is 1. The first kappa shape index (κ1) is 26.8. The number of hydrogen-bond acceptors (Lipinski definition) is 4. The fraction of sp³-hybridized carbons (Fsp3) is 0.474. The third-order valence-electron chi connectivity index (χ3n) is 3.76. The lowest BCUT2D eigenvalue weighted by atomic mass is 10.2. The van der Waals surface area contributed by atoms with E-state index in [1.165, 1.54) is 0 Å². The molecule has 0 atom stereocenters. The van der Waals surface area contributed by atoms with Gasteiger partial charge in [-0.05, 0) is 40.4 Å². The minimum absolute atomic E-state index is 0.